The molecular formula is C25H24N2O2. The van der Waals surface area contributed by atoms with E-state index in [2.05, 4.69) is 48.4 Å². The van der Waals surface area contributed by atoms with Crippen molar-refractivity contribution in [2.45, 2.75) is 32.6 Å². The largest absolute Gasteiger partial charge is 0.497 e. The lowest BCUT2D eigenvalue weighted by atomic mass is 9.68. The SMILES string of the molecule is COc1ccc(C2C3=C(CC(C)(C)CC3=O)Nc3ccc4ncccc4c32)cc1. The molecule has 29 heavy (non-hydrogen) atoms. The number of carbonyl (C=O) groups excluding carboxylic acids is 1. The number of nitrogens with zero attached hydrogens (tertiary/aromatic N) is 1. The van der Waals surface area contributed by atoms with Gasteiger partial charge in [-0.1, -0.05) is 32.0 Å². The van der Waals surface area contributed by atoms with Gasteiger partial charge in [-0.2, -0.15) is 0 Å². The van der Waals surface area contributed by atoms with Crippen molar-refractivity contribution in [1.82, 2.24) is 4.98 Å². The number of allylic oxidation sites excluding steroid dienone is 2. The lowest BCUT2D eigenvalue weighted by Gasteiger charge is -2.40. The van der Waals surface area contributed by atoms with Gasteiger partial charge in [0.1, 0.15) is 5.75 Å². The topological polar surface area (TPSA) is 51.2 Å². The summed E-state index contributed by atoms with van der Waals surface area (Å²) in [7, 11) is 1.67. The van der Waals surface area contributed by atoms with Crippen LogP contribution in [0.1, 0.15) is 43.7 Å². The van der Waals surface area contributed by atoms with Crippen LogP contribution < -0.4 is 10.1 Å². The number of rotatable bonds is 2. The van der Waals surface area contributed by atoms with Crippen molar-refractivity contribution in [3.8, 4) is 5.75 Å². The minimum absolute atomic E-state index is 0.0384. The van der Waals surface area contributed by atoms with Gasteiger partial charge in [0, 0.05) is 40.9 Å². The zero-order valence-electron chi connectivity index (χ0n) is 17.0. The number of carbonyl (C=O) groups is 1. The van der Waals surface area contributed by atoms with Crippen LogP contribution in [0.5, 0.6) is 5.75 Å². The molecule has 0 fully saturated rings. The molecule has 0 radical (unpaired) electrons. The van der Waals surface area contributed by atoms with Gasteiger partial charge in [0.15, 0.2) is 5.78 Å². The molecule has 1 atom stereocenters. The summed E-state index contributed by atoms with van der Waals surface area (Å²) < 4.78 is 5.35. The maximum atomic E-state index is 13.4. The standard InChI is InChI=1S/C25H24N2O2/c1-25(2)13-20-24(21(28)14-25)22(15-6-8-16(29-3)9-7-15)23-17-5-4-12-26-18(17)10-11-19(23)27-20/h4-12,22,27H,13-14H2,1-3H3. The van der Waals surface area contributed by atoms with Crippen molar-refractivity contribution < 1.29 is 9.53 Å². The van der Waals surface area contributed by atoms with Crippen LogP contribution >= 0.6 is 0 Å². The monoisotopic (exact) mass is 384 g/mol. The molecule has 4 nitrogen and oxygen atoms in total. The fraction of sp³-hybridized carbons (Fsp3) is 0.280. The zero-order valence-corrected chi connectivity index (χ0v) is 17.0. The number of pyridine rings is 1. The van der Waals surface area contributed by atoms with Gasteiger partial charge in [-0.15, -0.1) is 0 Å². The Morgan fingerprint density at radius 3 is 2.62 bits per heavy atom. The first-order valence-corrected chi connectivity index (χ1v) is 10.0. The maximum absolute atomic E-state index is 13.4. The van der Waals surface area contributed by atoms with E-state index in [9.17, 15) is 4.79 Å². The molecule has 0 saturated carbocycles. The van der Waals surface area contributed by atoms with Crippen molar-refractivity contribution in [3.05, 3.63) is 77.1 Å². The normalized spacial score (nSPS) is 20.1. The predicted octanol–water partition coefficient (Wildman–Crippen LogP) is 5.44. The summed E-state index contributed by atoms with van der Waals surface area (Å²) in [4.78, 5) is 17.9. The molecule has 0 spiro atoms. The third-order valence-corrected chi connectivity index (χ3v) is 6.06. The van der Waals surface area contributed by atoms with Gasteiger partial charge >= 0.3 is 0 Å². The highest BCUT2D eigenvalue weighted by molar-refractivity contribution is 6.04. The first-order valence-electron chi connectivity index (χ1n) is 10.0. The second kappa shape index (κ2) is 6.45. The highest BCUT2D eigenvalue weighted by Crippen LogP contribution is 2.50. The lowest BCUT2D eigenvalue weighted by molar-refractivity contribution is -0.118. The molecule has 4 heteroatoms. The van der Waals surface area contributed by atoms with Crippen LogP contribution in [-0.4, -0.2) is 17.9 Å². The lowest BCUT2D eigenvalue weighted by Crippen LogP contribution is -2.33. The van der Waals surface area contributed by atoms with Crippen molar-refractivity contribution in [1.29, 1.82) is 0 Å². The number of nitrogens with one attached hydrogen (secondary N) is 1. The minimum atomic E-state index is -0.108. The molecule has 5 rings (SSSR count). The number of hydrogen-bond donors (Lipinski definition) is 1. The van der Waals surface area contributed by atoms with E-state index in [0.29, 0.717) is 6.42 Å². The Morgan fingerprint density at radius 1 is 1.07 bits per heavy atom. The van der Waals surface area contributed by atoms with E-state index in [-0.39, 0.29) is 17.1 Å². The highest BCUT2D eigenvalue weighted by Gasteiger charge is 2.41. The highest BCUT2D eigenvalue weighted by atomic mass is 16.5. The van der Waals surface area contributed by atoms with Crippen LogP contribution in [0.3, 0.4) is 0 Å². The summed E-state index contributed by atoms with van der Waals surface area (Å²) in [6, 6.07) is 16.3. The fourth-order valence-corrected chi connectivity index (χ4v) is 4.81. The van der Waals surface area contributed by atoms with Crippen molar-refractivity contribution in [3.63, 3.8) is 0 Å². The molecule has 0 amide bonds. The molecule has 146 valence electrons. The number of methoxy groups -OCH3 is 1. The number of Topliss-reactive ketones (excluding diaryl/α,β-unsaturated/α-hetero) is 1. The van der Waals surface area contributed by atoms with Crippen LogP contribution in [0.4, 0.5) is 5.69 Å². The number of anilines is 1. The van der Waals surface area contributed by atoms with E-state index >= 15 is 0 Å². The van der Waals surface area contributed by atoms with Gasteiger partial charge in [-0.25, -0.2) is 0 Å². The average Bonchev–Trinajstić information content (AvgIpc) is 2.71. The van der Waals surface area contributed by atoms with E-state index in [1.807, 2.05) is 30.5 Å². The predicted molar refractivity (Wildman–Crippen MR) is 115 cm³/mol. The molecule has 0 bridgehead atoms. The Bertz CT molecular complexity index is 1160. The molecule has 0 saturated heterocycles. The zero-order chi connectivity index (χ0) is 20.2. The molecule has 1 aliphatic carbocycles. The molecule has 3 aromatic rings. The van der Waals surface area contributed by atoms with Crippen molar-refractivity contribution in [2.75, 3.05) is 12.4 Å². The summed E-state index contributed by atoms with van der Waals surface area (Å²) in [5.74, 6) is 0.938. The van der Waals surface area contributed by atoms with Crippen LogP contribution in [0.25, 0.3) is 10.9 Å². The summed E-state index contributed by atoms with van der Waals surface area (Å²) >= 11 is 0. The number of hydrogen-bond acceptors (Lipinski definition) is 4. The molecule has 1 N–H and O–H groups in total. The second-order valence-corrected chi connectivity index (χ2v) is 8.76. The number of aromatic nitrogens is 1. The summed E-state index contributed by atoms with van der Waals surface area (Å²) in [6.07, 6.45) is 3.25. The van der Waals surface area contributed by atoms with E-state index in [0.717, 1.165) is 51.2 Å². The van der Waals surface area contributed by atoms with Gasteiger partial charge < -0.3 is 10.1 Å². The van der Waals surface area contributed by atoms with Gasteiger partial charge in [0.05, 0.1) is 12.6 Å². The molecular weight excluding hydrogens is 360 g/mol. The third kappa shape index (κ3) is 2.91. The van der Waals surface area contributed by atoms with E-state index < -0.39 is 0 Å². The first kappa shape index (κ1) is 17.9. The molecule has 1 aromatic heterocycles. The van der Waals surface area contributed by atoms with Crippen LogP contribution in [0, 0.1) is 5.41 Å². The Kier molecular flexibility index (Phi) is 3.98. The van der Waals surface area contributed by atoms with Gasteiger partial charge in [0.25, 0.3) is 0 Å². The minimum Gasteiger partial charge on any atom is -0.497 e. The average molecular weight is 384 g/mol. The maximum Gasteiger partial charge on any atom is 0.162 e. The van der Waals surface area contributed by atoms with E-state index in [1.165, 1.54) is 0 Å². The third-order valence-electron chi connectivity index (χ3n) is 6.06. The van der Waals surface area contributed by atoms with Crippen LogP contribution in [0.15, 0.2) is 66.0 Å². The Balaban J connectivity index is 1.79. The van der Waals surface area contributed by atoms with Crippen LogP contribution in [-0.2, 0) is 4.79 Å². The van der Waals surface area contributed by atoms with Crippen LogP contribution in [0.2, 0.25) is 0 Å². The summed E-state index contributed by atoms with van der Waals surface area (Å²) in [6.45, 7) is 4.33. The molecule has 1 aliphatic heterocycles. The first-order chi connectivity index (χ1) is 14.0. The summed E-state index contributed by atoms with van der Waals surface area (Å²) in [5.41, 5.74) is 6.16. The number of ether oxygens (including phenoxy) is 1. The summed E-state index contributed by atoms with van der Waals surface area (Å²) in [5, 5.41) is 4.69. The smallest absolute Gasteiger partial charge is 0.162 e. The quantitative estimate of drug-likeness (QED) is 0.639. The molecule has 1 unspecified atom stereocenters. The second-order valence-electron chi connectivity index (χ2n) is 8.76. The number of benzene rings is 2. The fourth-order valence-electron chi connectivity index (χ4n) is 4.81. The van der Waals surface area contributed by atoms with Gasteiger partial charge in [-0.05, 0) is 53.3 Å². The number of fused-ring (bicyclic) bond motifs is 3. The Hall–Kier alpha value is -3.14. The van der Waals surface area contributed by atoms with Gasteiger partial charge in [-0.3, -0.25) is 9.78 Å². The number of ketones is 1. The van der Waals surface area contributed by atoms with E-state index in [1.54, 1.807) is 7.11 Å². The van der Waals surface area contributed by atoms with E-state index in [4.69, 9.17) is 4.74 Å². The molecule has 2 heterocycles. The van der Waals surface area contributed by atoms with Gasteiger partial charge in [0.2, 0.25) is 0 Å². The Labute approximate surface area is 170 Å². The molecule has 2 aromatic carbocycles. The van der Waals surface area contributed by atoms with Crippen molar-refractivity contribution in [2.24, 2.45) is 5.41 Å². The van der Waals surface area contributed by atoms with Crippen molar-refractivity contribution >= 4 is 22.4 Å². The Morgan fingerprint density at radius 2 is 1.86 bits per heavy atom. The molecule has 2 aliphatic rings.